The number of nitrogens with zero attached hydrogens (tertiary/aromatic N) is 1. The highest BCUT2D eigenvalue weighted by atomic mass is 16.2. The van der Waals surface area contributed by atoms with Crippen molar-refractivity contribution in [3.8, 4) is 0 Å². The van der Waals surface area contributed by atoms with Crippen LogP contribution >= 0.6 is 0 Å². The number of amides is 1. The summed E-state index contributed by atoms with van der Waals surface area (Å²) in [5, 5.41) is 2.56. The van der Waals surface area contributed by atoms with Crippen LogP contribution in [0.25, 0.3) is 0 Å². The predicted octanol–water partition coefficient (Wildman–Crippen LogP) is 1.56. The molecular formula is C12H18N2O2. The third-order valence-electron chi connectivity index (χ3n) is 2.23. The smallest absolute Gasteiger partial charge is 0.253 e. The van der Waals surface area contributed by atoms with Crippen LogP contribution in [-0.4, -0.2) is 22.8 Å². The highest BCUT2D eigenvalue weighted by molar-refractivity contribution is 5.96. The van der Waals surface area contributed by atoms with E-state index in [0.29, 0.717) is 5.56 Å². The number of hydrogen-bond acceptors (Lipinski definition) is 2. The Labute approximate surface area is 95.6 Å². The molecule has 0 aromatic carbocycles. The van der Waals surface area contributed by atoms with Crippen LogP contribution in [0, 0.1) is 0 Å². The van der Waals surface area contributed by atoms with Crippen molar-refractivity contribution in [2.45, 2.75) is 33.2 Å². The SMILES string of the molecule is CC(=O)CNC(=O)c1ccn(C(C)(C)C)c1. The van der Waals surface area contributed by atoms with Gasteiger partial charge in [0.15, 0.2) is 0 Å². The lowest BCUT2D eigenvalue weighted by Crippen LogP contribution is -2.28. The fourth-order valence-corrected chi connectivity index (χ4v) is 1.25. The van der Waals surface area contributed by atoms with Crippen LogP contribution in [0.4, 0.5) is 0 Å². The number of nitrogens with one attached hydrogen (secondary N) is 1. The highest BCUT2D eigenvalue weighted by Gasteiger charge is 2.14. The van der Waals surface area contributed by atoms with Gasteiger partial charge in [-0.2, -0.15) is 0 Å². The maximum atomic E-state index is 11.6. The molecular weight excluding hydrogens is 204 g/mol. The van der Waals surface area contributed by atoms with Crippen molar-refractivity contribution in [1.82, 2.24) is 9.88 Å². The molecule has 0 aliphatic carbocycles. The number of carbonyl (C=O) groups is 2. The van der Waals surface area contributed by atoms with Crippen LogP contribution in [0.5, 0.6) is 0 Å². The van der Waals surface area contributed by atoms with Gasteiger partial charge in [-0.1, -0.05) is 0 Å². The van der Waals surface area contributed by atoms with Crippen molar-refractivity contribution in [1.29, 1.82) is 0 Å². The number of hydrogen-bond donors (Lipinski definition) is 1. The average molecular weight is 222 g/mol. The van der Waals surface area contributed by atoms with Crippen LogP contribution in [0.3, 0.4) is 0 Å². The Morgan fingerprint density at radius 1 is 1.38 bits per heavy atom. The van der Waals surface area contributed by atoms with Crippen LogP contribution in [0.1, 0.15) is 38.1 Å². The van der Waals surface area contributed by atoms with Gasteiger partial charge in [-0.3, -0.25) is 9.59 Å². The fraction of sp³-hybridized carbons (Fsp3) is 0.500. The van der Waals surface area contributed by atoms with Gasteiger partial charge >= 0.3 is 0 Å². The molecule has 0 radical (unpaired) electrons. The zero-order valence-electron chi connectivity index (χ0n) is 10.2. The minimum atomic E-state index is -0.210. The monoisotopic (exact) mass is 222 g/mol. The zero-order chi connectivity index (χ0) is 12.3. The standard InChI is InChI=1S/C12H18N2O2/c1-9(15)7-13-11(16)10-5-6-14(8-10)12(2,3)4/h5-6,8H,7H2,1-4H3,(H,13,16). The first-order valence-corrected chi connectivity index (χ1v) is 5.27. The van der Waals surface area contributed by atoms with E-state index in [0.717, 1.165) is 0 Å². The quantitative estimate of drug-likeness (QED) is 0.843. The Bertz CT molecular complexity index is 399. The maximum Gasteiger partial charge on any atom is 0.253 e. The molecule has 1 aromatic heterocycles. The molecule has 0 spiro atoms. The van der Waals surface area contributed by atoms with Crippen LogP contribution < -0.4 is 5.32 Å². The Hall–Kier alpha value is -1.58. The molecule has 4 heteroatoms. The van der Waals surface area contributed by atoms with E-state index >= 15 is 0 Å². The molecule has 1 heterocycles. The second-order valence-electron chi connectivity index (χ2n) is 4.86. The van der Waals surface area contributed by atoms with Gasteiger partial charge in [-0.05, 0) is 33.8 Å². The summed E-state index contributed by atoms with van der Waals surface area (Å²) in [6.07, 6.45) is 3.65. The summed E-state index contributed by atoms with van der Waals surface area (Å²) >= 11 is 0. The van der Waals surface area contributed by atoms with Crippen LogP contribution in [0.15, 0.2) is 18.5 Å². The molecule has 1 aromatic rings. The first kappa shape index (κ1) is 12.5. The molecule has 1 amide bonds. The normalized spacial score (nSPS) is 11.2. The largest absolute Gasteiger partial charge is 0.348 e. The first-order chi connectivity index (χ1) is 7.30. The molecule has 0 aliphatic rings. The molecule has 0 saturated carbocycles. The number of aromatic nitrogens is 1. The van der Waals surface area contributed by atoms with E-state index in [1.54, 1.807) is 12.3 Å². The van der Waals surface area contributed by atoms with E-state index in [-0.39, 0.29) is 23.8 Å². The average Bonchev–Trinajstić information content (AvgIpc) is 2.61. The van der Waals surface area contributed by atoms with Crippen molar-refractivity contribution in [2.75, 3.05) is 6.54 Å². The molecule has 1 rings (SSSR count). The van der Waals surface area contributed by atoms with Gasteiger partial charge < -0.3 is 9.88 Å². The lowest BCUT2D eigenvalue weighted by Gasteiger charge is -2.20. The molecule has 0 saturated heterocycles. The third kappa shape index (κ3) is 3.22. The Morgan fingerprint density at radius 3 is 2.44 bits per heavy atom. The number of rotatable bonds is 3. The Kier molecular flexibility index (Phi) is 3.52. The topological polar surface area (TPSA) is 51.1 Å². The Balaban J connectivity index is 2.71. The van der Waals surface area contributed by atoms with Gasteiger partial charge in [0, 0.05) is 17.9 Å². The molecule has 16 heavy (non-hydrogen) atoms. The van der Waals surface area contributed by atoms with Gasteiger partial charge in [0.2, 0.25) is 0 Å². The predicted molar refractivity (Wildman–Crippen MR) is 62.4 cm³/mol. The third-order valence-corrected chi connectivity index (χ3v) is 2.23. The van der Waals surface area contributed by atoms with E-state index in [2.05, 4.69) is 26.1 Å². The number of ketones is 1. The molecule has 1 N–H and O–H groups in total. The van der Waals surface area contributed by atoms with E-state index in [4.69, 9.17) is 0 Å². The summed E-state index contributed by atoms with van der Waals surface area (Å²) < 4.78 is 1.97. The molecule has 88 valence electrons. The summed E-state index contributed by atoms with van der Waals surface area (Å²) in [7, 11) is 0. The summed E-state index contributed by atoms with van der Waals surface area (Å²) in [6, 6.07) is 1.75. The van der Waals surface area contributed by atoms with Crippen molar-refractivity contribution in [3.63, 3.8) is 0 Å². The molecule has 0 aliphatic heterocycles. The van der Waals surface area contributed by atoms with Crippen molar-refractivity contribution in [3.05, 3.63) is 24.0 Å². The Morgan fingerprint density at radius 2 is 2.00 bits per heavy atom. The molecule has 4 nitrogen and oxygen atoms in total. The van der Waals surface area contributed by atoms with E-state index in [9.17, 15) is 9.59 Å². The lowest BCUT2D eigenvalue weighted by molar-refractivity contribution is -0.116. The van der Waals surface area contributed by atoms with E-state index in [1.807, 2.05) is 10.8 Å². The summed E-state index contributed by atoms with van der Waals surface area (Å²) in [4.78, 5) is 22.3. The number of carbonyl (C=O) groups excluding carboxylic acids is 2. The minimum absolute atomic E-state index is 0.0426. The molecule has 0 fully saturated rings. The number of Topliss-reactive ketones (excluding diaryl/α,β-unsaturated/α-hetero) is 1. The van der Waals surface area contributed by atoms with Gasteiger partial charge in [0.05, 0.1) is 12.1 Å². The van der Waals surface area contributed by atoms with Gasteiger partial charge in [-0.25, -0.2) is 0 Å². The molecule has 0 bridgehead atoms. The van der Waals surface area contributed by atoms with Crippen LogP contribution in [-0.2, 0) is 10.3 Å². The second kappa shape index (κ2) is 4.51. The van der Waals surface area contributed by atoms with Crippen LogP contribution in [0.2, 0.25) is 0 Å². The van der Waals surface area contributed by atoms with Crippen molar-refractivity contribution in [2.24, 2.45) is 0 Å². The van der Waals surface area contributed by atoms with E-state index in [1.165, 1.54) is 6.92 Å². The van der Waals surface area contributed by atoms with Crippen molar-refractivity contribution >= 4 is 11.7 Å². The maximum absolute atomic E-state index is 11.6. The zero-order valence-corrected chi connectivity index (χ0v) is 10.2. The first-order valence-electron chi connectivity index (χ1n) is 5.27. The van der Waals surface area contributed by atoms with Gasteiger partial charge in [0.25, 0.3) is 5.91 Å². The summed E-state index contributed by atoms with van der Waals surface area (Å²) in [5.41, 5.74) is 0.537. The summed E-state index contributed by atoms with van der Waals surface area (Å²) in [5.74, 6) is -0.262. The minimum Gasteiger partial charge on any atom is -0.348 e. The fourth-order valence-electron chi connectivity index (χ4n) is 1.25. The second-order valence-corrected chi connectivity index (χ2v) is 4.86. The van der Waals surface area contributed by atoms with E-state index < -0.39 is 0 Å². The highest BCUT2D eigenvalue weighted by Crippen LogP contribution is 2.15. The molecule has 0 atom stereocenters. The summed E-state index contributed by atoms with van der Waals surface area (Å²) in [6.45, 7) is 7.71. The van der Waals surface area contributed by atoms with Gasteiger partial charge in [0.1, 0.15) is 5.78 Å². The van der Waals surface area contributed by atoms with Gasteiger partial charge in [-0.15, -0.1) is 0 Å². The van der Waals surface area contributed by atoms with Crippen molar-refractivity contribution < 1.29 is 9.59 Å². The molecule has 0 unspecified atom stereocenters. The lowest BCUT2D eigenvalue weighted by atomic mass is 10.1.